The van der Waals surface area contributed by atoms with E-state index in [1.54, 1.807) is 16.6 Å². The smallest absolute Gasteiger partial charge is 0.313 e. The highest BCUT2D eigenvalue weighted by atomic mass is 32.1. The van der Waals surface area contributed by atoms with Gasteiger partial charge in [0.2, 0.25) is 5.88 Å². The summed E-state index contributed by atoms with van der Waals surface area (Å²) in [6.45, 7) is 2.54. The first kappa shape index (κ1) is 19.7. The number of pyridine rings is 1. The van der Waals surface area contributed by atoms with Gasteiger partial charge in [-0.25, -0.2) is 4.98 Å². The van der Waals surface area contributed by atoms with Gasteiger partial charge in [0.25, 0.3) is 5.91 Å². The summed E-state index contributed by atoms with van der Waals surface area (Å²) in [5.41, 5.74) is 7.22. The van der Waals surface area contributed by atoms with Crippen molar-refractivity contribution in [1.29, 1.82) is 0 Å². The van der Waals surface area contributed by atoms with Crippen molar-refractivity contribution >= 4 is 34.7 Å². The molecule has 3 rings (SSSR count). The third-order valence-electron chi connectivity index (χ3n) is 4.62. The number of nitrogens with two attached hydrogens (primary N) is 1. The van der Waals surface area contributed by atoms with Gasteiger partial charge in [0.15, 0.2) is 0 Å². The summed E-state index contributed by atoms with van der Waals surface area (Å²) in [6, 6.07) is 1.16. The molecule has 0 saturated carbocycles. The number of piperidine rings is 1. The maximum absolute atomic E-state index is 12.9. The number of methoxy groups -OCH3 is 1. The third-order valence-corrected chi connectivity index (χ3v) is 5.50. The molecular weight excluding hydrogens is 382 g/mol. The molecule has 0 aromatic carbocycles. The number of rotatable bonds is 4. The number of thiazole rings is 1. The fourth-order valence-electron chi connectivity index (χ4n) is 3.24. The Morgan fingerprint density at radius 1 is 1.32 bits per heavy atom. The minimum atomic E-state index is -0.800. The van der Waals surface area contributed by atoms with Crippen LogP contribution in [0.2, 0.25) is 0 Å². The second kappa shape index (κ2) is 8.34. The molecule has 1 aliphatic heterocycles. The number of hydrogen-bond donors (Lipinski definition) is 2. The highest BCUT2D eigenvalue weighted by Gasteiger charge is 2.35. The van der Waals surface area contributed by atoms with Gasteiger partial charge in [-0.1, -0.05) is 6.92 Å². The first-order valence-electron chi connectivity index (χ1n) is 8.74. The Morgan fingerprint density at radius 3 is 2.75 bits per heavy atom. The highest BCUT2D eigenvalue weighted by molar-refractivity contribution is 7.09. The van der Waals surface area contributed by atoms with Crippen LogP contribution in [0.4, 0.5) is 5.69 Å². The van der Waals surface area contributed by atoms with Crippen LogP contribution in [-0.4, -0.2) is 46.2 Å². The largest absolute Gasteiger partial charge is 0.480 e. The average molecular weight is 403 g/mol. The number of nitrogens with zero attached hydrogens (tertiary/aromatic N) is 3. The van der Waals surface area contributed by atoms with Crippen LogP contribution < -0.4 is 15.8 Å². The molecule has 10 heteroatoms. The van der Waals surface area contributed by atoms with Crippen molar-refractivity contribution < 1.29 is 19.1 Å². The molecule has 0 aliphatic carbocycles. The molecule has 0 unspecified atom stereocenters. The van der Waals surface area contributed by atoms with Crippen LogP contribution in [0.3, 0.4) is 0 Å². The van der Waals surface area contributed by atoms with Crippen LogP contribution >= 0.6 is 11.3 Å². The number of ether oxygens (including phenoxy) is 1. The summed E-state index contributed by atoms with van der Waals surface area (Å²) in [5, 5.41) is 2.50. The Balaban J connectivity index is 1.78. The van der Waals surface area contributed by atoms with E-state index in [-0.39, 0.29) is 23.2 Å². The molecule has 2 atom stereocenters. The summed E-state index contributed by atoms with van der Waals surface area (Å²) in [4.78, 5) is 47.5. The lowest BCUT2D eigenvalue weighted by atomic mass is 9.93. The Labute approximate surface area is 165 Å². The lowest BCUT2D eigenvalue weighted by Gasteiger charge is -2.37. The monoisotopic (exact) mass is 403 g/mol. The zero-order valence-corrected chi connectivity index (χ0v) is 16.4. The summed E-state index contributed by atoms with van der Waals surface area (Å²) in [6.07, 6.45) is 4.78. The van der Waals surface area contributed by atoms with E-state index in [2.05, 4.69) is 15.3 Å². The van der Waals surface area contributed by atoms with Crippen molar-refractivity contribution in [3.8, 4) is 5.88 Å². The van der Waals surface area contributed by atoms with Crippen LogP contribution in [0.15, 0.2) is 24.0 Å². The standard InChI is InChI=1S/C18H21N5O4S/c1-10-3-4-13(14-7-20-9-28-14)23(8-10)18(26)16(25)22-11-5-12(15(19)24)17(27-2)21-6-11/h5-7,9-10,13H,3-4,8H2,1-2H3,(H2,19,24)(H,22,25)/t10-,13+/m0/s1. The van der Waals surface area contributed by atoms with Gasteiger partial charge in [0.1, 0.15) is 5.56 Å². The van der Waals surface area contributed by atoms with Crippen LogP contribution in [0, 0.1) is 5.92 Å². The average Bonchev–Trinajstić information content (AvgIpc) is 3.21. The summed E-state index contributed by atoms with van der Waals surface area (Å²) in [7, 11) is 1.35. The molecule has 148 valence electrons. The first-order valence-corrected chi connectivity index (χ1v) is 9.62. The van der Waals surface area contributed by atoms with E-state index in [4.69, 9.17) is 10.5 Å². The van der Waals surface area contributed by atoms with E-state index in [0.717, 1.165) is 17.7 Å². The maximum atomic E-state index is 12.9. The Morgan fingerprint density at radius 2 is 2.11 bits per heavy atom. The number of anilines is 1. The van der Waals surface area contributed by atoms with E-state index in [9.17, 15) is 14.4 Å². The third kappa shape index (κ3) is 4.11. The predicted molar refractivity (Wildman–Crippen MR) is 103 cm³/mol. The van der Waals surface area contributed by atoms with Crippen molar-refractivity contribution in [3.05, 3.63) is 34.4 Å². The van der Waals surface area contributed by atoms with Crippen LogP contribution in [0.25, 0.3) is 0 Å². The van der Waals surface area contributed by atoms with Gasteiger partial charge in [-0.05, 0) is 24.8 Å². The number of carbonyl (C=O) groups is 3. The zero-order chi connectivity index (χ0) is 20.3. The number of amides is 3. The van der Waals surface area contributed by atoms with E-state index >= 15 is 0 Å². The van der Waals surface area contributed by atoms with Gasteiger partial charge in [-0.2, -0.15) is 0 Å². The Hall–Kier alpha value is -3.01. The van der Waals surface area contributed by atoms with Gasteiger partial charge in [0.05, 0.1) is 30.5 Å². The SMILES string of the molecule is COc1ncc(NC(=O)C(=O)N2C[C@@H](C)CC[C@@H]2c2cncs2)cc1C(N)=O. The lowest BCUT2D eigenvalue weighted by Crippen LogP contribution is -2.46. The Bertz CT molecular complexity index is 886. The number of nitrogens with one attached hydrogen (secondary N) is 1. The molecule has 3 amide bonds. The van der Waals surface area contributed by atoms with Gasteiger partial charge < -0.3 is 20.7 Å². The summed E-state index contributed by atoms with van der Waals surface area (Å²) in [5.74, 6) is -1.84. The lowest BCUT2D eigenvalue weighted by molar-refractivity contribution is -0.146. The molecular formula is C18H21N5O4S. The normalized spacial score (nSPS) is 19.1. The van der Waals surface area contributed by atoms with E-state index in [0.29, 0.717) is 12.5 Å². The van der Waals surface area contributed by atoms with Crippen LogP contribution in [0.5, 0.6) is 5.88 Å². The molecule has 1 saturated heterocycles. The molecule has 3 heterocycles. The fraction of sp³-hybridized carbons (Fsp3) is 0.389. The number of carbonyl (C=O) groups excluding carboxylic acids is 3. The topological polar surface area (TPSA) is 128 Å². The maximum Gasteiger partial charge on any atom is 0.313 e. The van der Waals surface area contributed by atoms with E-state index in [1.807, 2.05) is 6.92 Å². The van der Waals surface area contributed by atoms with Crippen LogP contribution in [-0.2, 0) is 9.59 Å². The van der Waals surface area contributed by atoms with Gasteiger partial charge in [0, 0.05) is 17.6 Å². The first-order chi connectivity index (χ1) is 13.4. The molecule has 1 fully saturated rings. The predicted octanol–water partition coefficient (Wildman–Crippen LogP) is 1.58. The second-order valence-electron chi connectivity index (χ2n) is 6.66. The fourth-order valence-corrected chi connectivity index (χ4v) is 4.01. The molecule has 0 spiro atoms. The minimum Gasteiger partial charge on any atom is -0.480 e. The highest BCUT2D eigenvalue weighted by Crippen LogP contribution is 2.35. The van der Waals surface area contributed by atoms with Crippen molar-refractivity contribution in [1.82, 2.24) is 14.9 Å². The molecule has 3 N–H and O–H groups in total. The van der Waals surface area contributed by atoms with Gasteiger partial charge in [-0.15, -0.1) is 11.3 Å². The number of primary amides is 1. The van der Waals surface area contributed by atoms with Crippen LogP contribution in [0.1, 0.15) is 41.0 Å². The second-order valence-corrected chi connectivity index (χ2v) is 7.58. The Kier molecular flexibility index (Phi) is 5.88. The molecule has 9 nitrogen and oxygen atoms in total. The number of aromatic nitrogens is 2. The van der Waals surface area contributed by atoms with Crippen molar-refractivity contribution in [2.45, 2.75) is 25.8 Å². The van der Waals surface area contributed by atoms with Gasteiger partial charge >= 0.3 is 11.8 Å². The molecule has 2 aromatic rings. The number of likely N-dealkylation sites (tertiary alicyclic amines) is 1. The molecule has 1 aliphatic rings. The van der Waals surface area contributed by atoms with E-state index in [1.165, 1.54) is 30.7 Å². The number of hydrogen-bond acceptors (Lipinski definition) is 7. The molecule has 28 heavy (non-hydrogen) atoms. The van der Waals surface area contributed by atoms with Crippen molar-refractivity contribution in [3.63, 3.8) is 0 Å². The zero-order valence-electron chi connectivity index (χ0n) is 15.5. The quantitative estimate of drug-likeness (QED) is 0.746. The molecule has 0 bridgehead atoms. The van der Waals surface area contributed by atoms with E-state index < -0.39 is 17.7 Å². The van der Waals surface area contributed by atoms with Crippen molar-refractivity contribution in [2.24, 2.45) is 11.7 Å². The summed E-state index contributed by atoms with van der Waals surface area (Å²) < 4.78 is 4.97. The van der Waals surface area contributed by atoms with Gasteiger partial charge in [-0.3, -0.25) is 19.4 Å². The minimum absolute atomic E-state index is 0.0156. The van der Waals surface area contributed by atoms with Crippen molar-refractivity contribution in [2.75, 3.05) is 19.0 Å². The molecule has 2 aromatic heterocycles. The summed E-state index contributed by atoms with van der Waals surface area (Å²) >= 11 is 1.46. The molecule has 0 radical (unpaired) electrons.